The number of carbonyl (C=O) groups excluding carboxylic acids is 1. The molecule has 0 aliphatic heterocycles. The minimum absolute atomic E-state index is 0.0185. The first-order chi connectivity index (χ1) is 12.2. The van der Waals surface area contributed by atoms with Gasteiger partial charge in [-0.1, -0.05) is 19.1 Å². The van der Waals surface area contributed by atoms with E-state index in [0.29, 0.717) is 23.1 Å². The van der Waals surface area contributed by atoms with Crippen LogP contribution in [0, 0.1) is 6.92 Å². The number of hydrogen-bond acceptors (Lipinski definition) is 4. The molecule has 3 rings (SSSR count). The normalized spacial score (nSPS) is 15.7. The number of alkyl carbamates (subject to hydrolysis) is 1. The van der Waals surface area contributed by atoms with Crippen molar-refractivity contribution < 1.29 is 9.53 Å². The monoisotopic (exact) mass is 357 g/mol. The van der Waals surface area contributed by atoms with Crippen LogP contribution in [-0.4, -0.2) is 21.2 Å². The van der Waals surface area contributed by atoms with Gasteiger partial charge in [0.25, 0.3) is 5.56 Å². The lowest BCUT2D eigenvalue weighted by Crippen LogP contribution is -2.38. The highest BCUT2D eigenvalue weighted by atomic mass is 16.6. The fourth-order valence-corrected chi connectivity index (χ4v) is 3.16. The summed E-state index contributed by atoms with van der Waals surface area (Å²) in [6.07, 6.45) is 2.06. The second-order valence-electron chi connectivity index (χ2n) is 7.95. The maximum absolute atomic E-state index is 13.2. The summed E-state index contributed by atoms with van der Waals surface area (Å²) >= 11 is 0. The summed E-state index contributed by atoms with van der Waals surface area (Å²) in [4.78, 5) is 30.2. The molecule has 6 nitrogen and oxygen atoms in total. The number of fused-ring (bicyclic) bond motifs is 1. The van der Waals surface area contributed by atoms with Gasteiger partial charge in [0.05, 0.1) is 16.9 Å². The minimum atomic E-state index is -0.577. The molecule has 2 aromatic rings. The molecule has 1 N–H and O–H groups in total. The van der Waals surface area contributed by atoms with Gasteiger partial charge in [0.15, 0.2) is 0 Å². The van der Waals surface area contributed by atoms with Crippen LogP contribution < -0.4 is 10.9 Å². The highest BCUT2D eigenvalue weighted by Crippen LogP contribution is 2.36. The molecule has 0 saturated heterocycles. The number of aromatic nitrogens is 2. The minimum Gasteiger partial charge on any atom is -0.444 e. The lowest BCUT2D eigenvalue weighted by molar-refractivity contribution is 0.0498. The summed E-state index contributed by atoms with van der Waals surface area (Å²) in [5.74, 6) is 0.615. The Morgan fingerprint density at radius 3 is 2.65 bits per heavy atom. The summed E-state index contributed by atoms with van der Waals surface area (Å²) in [5.41, 5.74) is 1.00. The Hall–Kier alpha value is -2.37. The highest BCUT2D eigenvalue weighted by molar-refractivity contribution is 5.81. The molecule has 26 heavy (non-hydrogen) atoms. The third-order valence-corrected chi connectivity index (χ3v) is 4.49. The van der Waals surface area contributed by atoms with Crippen LogP contribution in [0.3, 0.4) is 0 Å². The number of carbonyl (C=O) groups is 1. The molecule has 1 unspecified atom stereocenters. The Morgan fingerprint density at radius 1 is 1.38 bits per heavy atom. The van der Waals surface area contributed by atoms with Gasteiger partial charge in [-0.25, -0.2) is 9.78 Å². The second kappa shape index (κ2) is 6.74. The fourth-order valence-electron chi connectivity index (χ4n) is 3.16. The van der Waals surface area contributed by atoms with E-state index in [9.17, 15) is 9.59 Å². The molecule has 1 aromatic heterocycles. The first-order valence-corrected chi connectivity index (χ1v) is 9.22. The molecule has 1 aliphatic carbocycles. The van der Waals surface area contributed by atoms with E-state index < -0.39 is 11.7 Å². The van der Waals surface area contributed by atoms with E-state index in [1.807, 2.05) is 52.8 Å². The topological polar surface area (TPSA) is 73.2 Å². The number of nitrogens with one attached hydrogen (secondary N) is 1. The summed E-state index contributed by atoms with van der Waals surface area (Å²) in [6.45, 7) is 9.37. The van der Waals surface area contributed by atoms with Crippen molar-refractivity contribution in [3.05, 3.63) is 39.9 Å². The quantitative estimate of drug-likeness (QED) is 0.897. The van der Waals surface area contributed by atoms with Gasteiger partial charge in [-0.05, 0) is 58.6 Å². The number of rotatable bonds is 4. The van der Waals surface area contributed by atoms with Gasteiger partial charge in [-0.3, -0.25) is 9.36 Å². The second-order valence-corrected chi connectivity index (χ2v) is 7.95. The third-order valence-electron chi connectivity index (χ3n) is 4.49. The van der Waals surface area contributed by atoms with Gasteiger partial charge in [0.2, 0.25) is 0 Å². The van der Waals surface area contributed by atoms with E-state index in [-0.39, 0.29) is 17.6 Å². The molecule has 1 atom stereocenters. The zero-order valence-electron chi connectivity index (χ0n) is 16.1. The first-order valence-electron chi connectivity index (χ1n) is 9.22. The summed E-state index contributed by atoms with van der Waals surface area (Å²) in [7, 11) is 0. The number of benzene rings is 1. The van der Waals surface area contributed by atoms with E-state index in [1.165, 1.54) is 0 Å². The van der Waals surface area contributed by atoms with Crippen molar-refractivity contribution in [2.75, 3.05) is 0 Å². The molecule has 0 bridgehead atoms. The predicted molar refractivity (Wildman–Crippen MR) is 101 cm³/mol. The number of nitrogens with zero attached hydrogens (tertiary/aromatic N) is 2. The standard InChI is InChI=1S/C20H27N3O3/c1-6-14(22-19(25)26-20(3,4)5)17-21-15-9-7-8-12(2)16(15)18(24)23(17)13-10-11-13/h7-9,13-14H,6,10-11H2,1-5H3,(H,22,25). The average molecular weight is 357 g/mol. The average Bonchev–Trinajstić information content (AvgIpc) is 3.35. The van der Waals surface area contributed by atoms with Crippen molar-refractivity contribution in [1.29, 1.82) is 0 Å². The number of ether oxygens (including phenoxy) is 1. The van der Waals surface area contributed by atoms with Gasteiger partial charge in [0.1, 0.15) is 11.4 Å². The maximum Gasteiger partial charge on any atom is 0.408 e. The van der Waals surface area contributed by atoms with Gasteiger partial charge in [-0.15, -0.1) is 0 Å². The molecule has 1 aliphatic rings. The Labute approximate surface area is 153 Å². The van der Waals surface area contributed by atoms with Gasteiger partial charge >= 0.3 is 6.09 Å². The third kappa shape index (κ3) is 3.74. The van der Waals surface area contributed by atoms with Crippen molar-refractivity contribution in [2.45, 2.75) is 71.6 Å². The number of aryl methyl sites for hydroxylation is 1. The molecule has 6 heteroatoms. The van der Waals surface area contributed by atoms with Gasteiger partial charge in [-0.2, -0.15) is 0 Å². The molecule has 1 heterocycles. The molecule has 140 valence electrons. The Balaban J connectivity index is 2.06. The summed E-state index contributed by atoms with van der Waals surface area (Å²) < 4.78 is 7.16. The van der Waals surface area contributed by atoms with E-state index in [4.69, 9.17) is 9.72 Å². The van der Waals surface area contributed by atoms with Gasteiger partial charge < -0.3 is 10.1 Å². The van der Waals surface area contributed by atoms with E-state index in [1.54, 1.807) is 4.57 Å². The number of hydrogen-bond donors (Lipinski definition) is 1. The van der Waals surface area contributed by atoms with E-state index >= 15 is 0 Å². The lowest BCUT2D eigenvalue weighted by atomic mass is 10.1. The van der Waals surface area contributed by atoms with Crippen LogP contribution in [0.4, 0.5) is 4.79 Å². The summed E-state index contributed by atoms with van der Waals surface area (Å²) in [6, 6.07) is 5.48. The molecule has 0 radical (unpaired) electrons. The molecule has 0 spiro atoms. The smallest absolute Gasteiger partial charge is 0.408 e. The molecular formula is C20H27N3O3. The van der Waals surface area contributed by atoms with Crippen LogP contribution in [-0.2, 0) is 4.74 Å². The number of amides is 1. The van der Waals surface area contributed by atoms with Gasteiger partial charge in [0, 0.05) is 6.04 Å². The molecule has 1 fully saturated rings. The van der Waals surface area contributed by atoms with E-state index in [2.05, 4.69) is 5.32 Å². The van der Waals surface area contributed by atoms with Crippen LogP contribution in [0.15, 0.2) is 23.0 Å². The molecular weight excluding hydrogens is 330 g/mol. The lowest BCUT2D eigenvalue weighted by Gasteiger charge is -2.24. The summed E-state index contributed by atoms with van der Waals surface area (Å²) in [5, 5.41) is 3.55. The van der Waals surface area contributed by atoms with E-state index in [0.717, 1.165) is 18.4 Å². The van der Waals surface area contributed by atoms with Crippen LogP contribution in [0.5, 0.6) is 0 Å². The molecule has 1 aromatic carbocycles. The molecule has 1 saturated carbocycles. The Bertz CT molecular complexity index is 892. The van der Waals surface area contributed by atoms with Crippen LogP contribution in [0.1, 0.15) is 70.4 Å². The fraction of sp³-hybridized carbons (Fsp3) is 0.550. The SMILES string of the molecule is CCC(NC(=O)OC(C)(C)C)c1nc2cccc(C)c2c(=O)n1C1CC1. The van der Waals surface area contributed by atoms with Crippen molar-refractivity contribution in [2.24, 2.45) is 0 Å². The van der Waals surface area contributed by atoms with Crippen molar-refractivity contribution >= 4 is 17.0 Å². The zero-order valence-corrected chi connectivity index (χ0v) is 16.1. The zero-order chi connectivity index (χ0) is 19.1. The van der Waals surface area contributed by atoms with Crippen LogP contribution in [0.25, 0.3) is 10.9 Å². The Morgan fingerprint density at radius 2 is 2.08 bits per heavy atom. The maximum atomic E-state index is 13.2. The van der Waals surface area contributed by atoms with Crippen LogP contribution in [0.2, 0.25) is 0 Å². The van der Waals surface area contributed by atoms with Crippen LogP contribution >= 0.6 is 0 Å². The van der Waals surface area contributed by atoms with Crippen molar-refractivity contribution in [3.8, 4) is 0 Å². The highest BCUT2D eigenvalue weighted by Gasteiger charge is 2.32. The molecule has 1 amide bonds. The Kier molecular flexibility index (Phi) is 4.78. The largest absolute Gasteiger partial charge is 0.444 e. The van der Waals surface area contributed by atoms with Crippen molar-refractivity contribution in [1.82, 2.24) is 14.9 Å². The van der Waals surface area contributed by atoms with Crippen molar-refractivity contribution in [3.63, 3.8) is 0 Å². The first kappa shape index (κ1) is 18.4. The predicted octanol–water partition coefficient (Wildman–Crippen LogP) is 4.02.